The molecule has 0 aliphatic carbocycles. The molecule has 0 aliphatic rings. The van der Waals surface area contributed by atoms with E-state index in [0.29, 0.717) is 5.75 Å². The summed E-state index contributed by atoms with van der Waals surface area (Å²) in [5.41, 5.74) is 10.6. The van der Waals surface area contributed by atoms with Crippen LogP contribution in [0.3, 0.4) is 0 Å². The second-order valence-corrected chi connectivity index (χ2v) is 10.4. The maximum atomic E-state index is 11.5. The molecular formula is C38H38O. The fraction of sp³-hybridized carbons (Fsp3) is 0.211. The van der Waals surface area contributed by atoms with Gasteiger partial charge < -0.3 is 5.11 Å². The molecule has 0 fully saturated rings. The number of hydrogen-bond acceptors (Lipinski definition) is 1. The van der Waals surface area contributed by atoms with E-state index in [4.69, 9.17) is 0 Å². The van der Waals surface area contributed by atoms with Crippen molar-refractivity contribution in [2.45, 2.75) is 51.4 Å². The first-order valence-electron chi connectivity index (χ1n) is 14.3. The number of hydrogen-bond donors (Lipinski definition) is 1. The van der Waals surface area contributed by atoms with E-state index in [0.717, 1.165) is 56.9 Å². The van der Waals surface area contributed by atoms with E-state index in [-0.39, 0.29) is 0 Å². The highest BCUT2D eigenvalue weighted by Crippen LogP contribution is 2.33. The topological polar surface area (TPSA) is 20.2 Å². The fourth-order valence-corrected chi connectivity index (χ4v) is 5.65. The summed E-state index contributed by atoms with van der Waals surface area (Å²) in [6, 6.07) is 45.0. The predicted octanol–water partition coefficient (Wildman–Crippen LogP) is 8.53. The van der Waals surface area contributed by atoms with Crippen molar-refractivity contribution in [2.75, 3.05) is 0 Å². The molecule has 1 nitrogen and oxygen atoms in total. The van der Waals surface area contributed by atoms with Crippen molar-refractivity contribution in [1.82, 2.24) is 0 Å². The highest BCUT2D eigenvalue weighted by atomic mass is 16.3. The van der Waals surface area contributed by atoms with Gasteiger partial charge in [0.2, 0.25) is 0 Å². The Kier molecular flexibility index (Phi) is 9.26. The van der Waals surface area contributed by atoms with E-state index in [1.807, 2.05) is 0 Å². The summed E-state index contributed by atoms with van der Waals surface area (Å²) in [6.45, 7) is 0. The number of benzene rings is 5. The molecule has 39 heavy (non-hydrogen) atoms. The van der Waals surface area contributed by atoms with Crippen LogP contribution in [0.1, 0.15) is 44.5 Å². The highest BCUT2D eigenvalue weighted by Gasteiger charge is 2.18. The molecule has 5 rings (SSSR count). The minimum absolute atomic E-state index is 0.459. The zero-order valence-corrected chi connectivity index (χ0v) is 22.7. The lowest BCUT2D eigenvalue weighted by Gasteiger charge is -2.22. The number of phenols is 1. The van der Waals surface area contributed by atoms with Crippen LogP contribution in [0.15, 0.2) is 127 Å². The maximum Gasteiger partial charge on any atom is 0.119 e. The van der Waals surface area contributed by atoms with Crippen LogP contribution >= 0.6 is 0 Å². The molecule has 196 valence electrons. The van der Waals surface area contributed by atoms with E-state index in [2.05, 4.69) is 127 Å². The van der Waals surface area contributed by atoms with Gasteiger partial charge >= 0.3 is 0 Å². The SMILES string of the molecule is Oc1cc(CCc2ccccc2)c(CCc2ccccc2)c(CCc2ccccc2)c1CCc1ccccc1. The zero-order valence-electron chi connectivity index (χ0n) is 22.7. The molecule has 1 heteroatoms. The van der Waals surface area contributed by atoms with Crippen LogP contribution in [0.5, 0.6) is 5.75 Å². The molecule has 0 unspecified atom stereocenters. The lowest BCUT2D eigenvalue weighted by Crippen LogP contribution is -2.10. The molecule has 1 N–H and O–H groups in total. The Morgan fingerprint density at radius 2 is 0.667 bits per heavy atom. The first-order valence-corrected chi connectivity index (χ1v) is 14.3. The summed E-state index contributed by atoms with van der Waals surface area (Å²) in [5, 5.41) is 11.5. The summed E-state index contributed by atoms with van der Waals surface area (Å²) in [4.78, 5) is 0. The minimum Gasteiger partial charge on any atom is -0.508 e. The van der Waals surface area contributed by atoms with E-state index in [9.17, 15) is 5.11 Å². The van der Waals surface area contributed by atoms with Crippen LogP contribution in [0, 0.1) is 0 Å². The quantitative estimate of drug-likeness (QED) is 0.178. The normalized spacial score (nSPS) is 11.0. The smallest absolute Gasteiger partial charge is 0.119 e. The van der Waals surface area contributed by atoms with Gasteiger partial charge in [0, 0.05) is 0 Å². The number of phenolic OH excluding ortho intramolecular Hbond substituents is 1. The molecule has 0 aliphatic heterocycles. The van der Waals surface area contributed by atoms with E-state index >= 15 is 0 Å². The van der Waals surface area contributed by atoms with Gasteiger partial charge in [-0.2, -0.15) is 0 Å². The van der Waals surface area contributed by atoms with Crippen LogP contribution in [0.4, 0.5) is 0 Å². The maximum absolute atomic E-state index is 11.5. The Hall–Kier alpha value is -4.10. The minimum atomic E-state index is 0.459. The Morgan fingerprint density at radius 3 is 1.08 bits per heavy atom. The first-order chi connectivity index (χ1) is 19.3. The first kappa shape index (κ1) is 26.5. The molecule has 0 spiro atoms. The number of rotatable bonds is 12. The van der Waals surface area contributed by atoms with Crippen molar-refractivity contribution in [3.05, 3.63) is 172 Å². The van der Waals surface area contributed by atoms with Gasteiger partial charge in [-0.25, -0.2) is 0 Å². The average molecular weight is 511 g/mol. The summed E-state index contributed by atoms with van der Waals surface area (Å²) < 4.78 is 0. The van der Waals surface area contributed by atoms with Crippen molar-refractivity contribution in [3.63, 3.8) is 0 Å². The summed E-state index contributed by atoms with van der Waals surface area (Å²) in [7, 11) is 0. The monoisotopic (exact) mass is 510 g/mol. The van der Waals surface area contributed by atoms with Gasteiger partial charge in [0.1, 0.15) is 5.75 Å². The molecular weight excluding hydrogens is 472 g/mol. The van der Waals surface area contributed by atoms with E-state index in [1.54, 1.807) is 0 Å². The van der Waals surface area contributed by atoms with Gasteiger partial charge in [-0.15, -0.1) is 0 Å². The van der Waals surface area contributed by atoms with Gasteiger partial charge in [-0.3, -0.25) is 0 Å². The number of aryl methyl sites for hydroxylation is 5. The molecule has 0 atom stereocenters. The van der Waals surface area contributed by atoms with Crippen LogP contribution < -0.4 is 0 Å². The largest absolute Gasteiger partial charge is 0.508 e. The van der Waals surface area contributed by atoms with Crippen LogP contribution in [0.2, 0.25) is 0 Å². The third kappa shape index (κ3) is 7.48. The Labute approximate surface area is 233 Å². The molecule has 0 saturated carbocycles. The van der Waals surface area contributed by atoms with Crippen LogP contribution in [-0.2, 0) is 51.4 Å². The molecule has 5 aromatic rings. The predicted molar refractivity (Wildman–Crippen MR) is 164 cm³/mol. The van der Waals surface area contributed by atoms with Crippen LogP contribution in [0.25, 0.3) is 0 Å². The summed E-state index contributed by atoms with van der Waals surface area (Å²) >= 11 is 0. The Morgan fingerprint density at radius 1 is 0.333 bits per heavy atom. The molecule has 0 amide bonds. The third-order valence-electron chi connectivity index (χ3n) is 7.78. The lowest BCUT2D eigenvalue weighted by molar-refractivity contribution is 0.465. The molecule has 0 saturated heterocycles. The Balaban J connectivity index is 1.51. The highest BCUT2D eigenvalue weighted by molar-refractivity contribution is 5.51. The van der Waals surface area contributed by atoms with E-state index in [1.165, 1.54) is 38.9 Å². The van der Waals surface area contributed by atoms with E-state index < -0.39 is 0 Å². The Bertz CT molecular complexity index is 1420. The van der Waals surface area contributed by atoms with Crippen LogP contribution in [-0.4, -0.2) is 5.11 Å². The van der Waals surface area contributed by atoms with Gasteiger partial charge in [0.25, 0.3) is 0 Å². The summed E-state index contributed by atoms with van der Waals surface area (Å²) in [6.07, 6.45) is 7.56. The second kappa shape index (κ2) is 13.6. The summed E-state index contributed by atoms with van der Waals surface area (Å²) in [5.74, 6) is 0.459. The molecule has 0 aromatic heterocycles. The van der Waals surface area contributed by atoms with Gasteiger partial charge in [0.05, 0.1) is 0 Å². The van der Waals surface area contributed by atoms with Crippen molar-refractivity contribution < 1.29 is 5.11 Å². The standard InChI is InChI=1S/C38H38O/c39-38-29-34(25-21-30-13-5-1-6-14-30)35(26-22-31-15-7-2-8-16-31)36(27-23-32-17-9-3-10-18-32)37(38)28-24-33-19-11-4-12-20-33/h1-20,29,39H,21-28H2. The fourth-order valence-electron chi connectivity index (χ4n) is 5.65. The van der Waals surface area contributed by atoms with Crippen molar-refractivity contribution >= 4 is 0 Å². The third-order valence-corrected chi connectivity index (χ3v) is 7.78. The molecule has 0 heterocycles. The van der Waals surface area contributed by atoms with Gasteiger partial charge in [-0.1, -0.05) is 121 Å². The average Bonchev–Trinajstić information content (AvgIpc) is 3.00. The van der Waals surface area contributed by atoms with Crippen molar-refractivity contribution in [1.29, 1.82) is 0 Å². The van der Waals surface area contributed by atoms with Gasteiger partial charge in [-0.05, 0) is 102 Å². The second-order valence-electron chi connectivity index (χ2n) is 10.4. The number of aromatic hydroxyl groups is 1. The van der Waals surface area contributed by atoms with Gasteiger partial charge in [0.15, 0.2) is 0 Å². The van der Waals surface area contributed by atoms with Crippen molar-refractivity contribution in [3.8, 4) is 5.75 Å². The van der Waals surface area contributed by atoms with Crippen molar-refractivity contribution in [2.24, 2.45) is 0 Å². The lowest BCUT2D eigenvalue weighted by atomic mass is 9.84. The zero-order chi connectivity index (χ0) is 26.7. The molecule has 0 bridgehead atoms. The molecule has 5 aromatic carbocycles. The molecule has 0 radical (unpaired) electrons.